The minimum absolute atomic E-state index is 0.0512. The number of ether oxygens (including phenoxy) is 1. The maximum absolute atomic E-state index is 12.0. The van der Waals surface area contributed by atoms with E-state index in [9.17, 15) is 4.79 Å². The summed E-state index contributed by atoms with van der Waals surface area (Å²) < 4.78 is 11.0. The van der Waals surface area contributed by atoms with Crippen LogP contribution in [0.5, 0.6) is 0 Å². The second kappa shape index (κ2) is 7.45. The molecule has 112 valence electrons. The molecule has 1 aromatic rings. The SMILES string of the molecule is CN(C)C(CNC(=O)CC1CCCCO1)c1ccco1. The molecule has 0 aliphatic carbocycles. The maximum atomic E-state index is 12.0. The zero-order chi connectivity index (χ0) is 14.4. The number of furan rings is 1. The fraction of sp³-hybridized carbons (Fsp3) is 0.667. The molecule has 0 bridgehead atoms. The molecule has 1 amide bonds. The predicted molar refractivity (Wildman–Crippen MR) is 76.4 cm³/mol. The van der Waals surface area contributed by atoms with Gasteiger partial charge in [-0.2, -0.15) is 0 Å². The molecular formula is C15H24N2O3. The average Bonchev–Trinajstić information content (AvgIpc) is 2.93. The van der Waals surface area contributed by atoms with E-state index in [4.69, 9.17) is 9.15 Å². The highest BCUT2D eigenvalue weighted by atomic mass is 16.5. The molecular weight excluding hydrogens is 256 g/mol. The van der Waals surface area contributed by atoms with E-state index in [1.54, 1.807) is 6.26 Å². The highest BCUT2D eigenvalue weighted by Gasteiger charge is 2.20. The molecule has 1 aliphatic rings. The Morgan fingerprint density at radius 3 is 2.95 bits per heavy atom. The number of nitrogens with zero attached hydrogens (tertiary/aromatic N) is 1. The first-order valence-electron chi connectivity index (χ1n) is 7.25. The standard InChI is InChI=1S/C15H24N2O3/c1-17(2)13(14-7-5-9-20-14)11-16-15(18)10-12-6-3-4-8-19-12/h5,7,9,12-13H,3-4,6,8,10-11H2,1-2H3,(H,16,18). The summed E-state index contributed by atoms with van der Waals surface area (Å²) in [4.78, 5) is 14.0. The van der Waals surface area contributed by atoms with Crippen molar-refractivity contribution >= 4 is 5.91 Å². The lowest BCUT2D eigenvalue weighted by molar-refractivity contribution is -0.125. The molecule has 5 nitrogen and oxygen atoms in total. The zero-order valence-electron chi connectivity index (χ0n) is 12.3. The van der Waals surface area contributed by atoms with Crippen LogP contribution in [0.2, 0.25) is 0 Å². The molecule has 20 heavy (non-hydrogen) atoms. The Morgan fingerprint density at radius 2 is 2.35 bits per heavy atom. The van der Waals surface area contributed by atoms with Gasteiger partial charge in [0, 0.05) is 13.2 Å². The summed E-state index contributed by atoms with van der Waals surface area (Å²) >= 11 is 0. The van der Waals surface area contributed by atoms with Gasteiger partial charge in [-0.25, -0.2) is 0 Å². The second-order valence-corrected chi connectivity index (χ2v) is 5.49. The first-order valence-corrected chi connectivity index (χ1v) is 7.25. The molecule has 1 fully saturated rings. The van der Waals surface area contributed by atoms with Crippen LogP contribution in [0, 0.1) is 0 Å². The third-order valence-corrected chi connectivity index (χ3v) is 3.67. The number of carbonyl (C=O) groups excluding carboxylic acids is 1. The first kappa shape index (κ1) is 15.1. The molecule has 0 radical (unpaired) electrons. The molecule has 1 aromatic heterocycles. The van der Waals surface area contributed by atoms with Gasteiger partial charge in [-0.05, 0) is 45.5 Å². The predicted octanol–water partition coefficient (Wildman–Crippen LogP) is 1.96. The highest BCUT2D eigenvalue weighted by molar-refractivity contribution is 5.76. The number of hydrogen-bond acceptors (Lipinski definition) is 4. The molecule has 0 spiro atoms. The first-order chi connectivity index (χ1) is 9.66. The van der Waals surface area contributed by atoms with Crippen LogP contribution in [0.15, 0.2) is 22.8 Å². The Labute approximate surface area is 120 Å². The van der Waals surface area contributed by atoms with Gasteiger partial charge >= 0.3 is 0 Å². The summed E-state index contributed by atoms with van der Waals surface area (Å²) in [6.45, 7) is 1.33. The van der Waals surface area contributed by atoms with E-state index in [1.165, 1.54) is 0 Å². The Hall–Kier alpha value is -1.33. The van der Waals surface area contributed by atoms with Gasteiger partial charge in [0.15, 0.2) is 0 Å². The van der Waals surface area contributed by atoms with E-state index in [0.717, 1.165) is 31.6 Å². The molecule has 1 saturated heterocycles. The van der Waals surface area contributed by atoms with Crippen molar-refractivity contribution in [1.29, 1.82) is 0 Å². The molecule has 1 N–H and O–H groups in total. The van der Waals surface area contributed by atoms with Crippen molar-refractivity contribution < 1.29 is 13.9 Å². The third-order valence-electron chi connectivity index (χ3n) is 3.67. The van der Waals surface area contributed by atoms with Crippen molar-refractivity contribution in [3.8, 4) is 0 Å². The molecule has 2 heterocycles. The average molecular weight is 280 g/mol. The highest BCUT2D eigenvalue weighted by Crippen LogP contribution is 2.18. The fourth-order valence-corrected chi connectivity index (χ4v) is 2.48. The lowest BCUT2D eigenvalue weighted by atomic mass is 10.1. The normalized spacial score (nSPS) is 20.9. The summed E-state index contributed by atoms with van der Waals surface area (Å²) in [5.41, 5.74) is 0. The van der Waals surface area contributed by atoms with E-state index in [0.29, 0.717) is 13.0 Å². The van der Waals surface area contributed by atoms with E-state index in [2.05, 4.69) is 5.32 Å². The quantitative estimate of drug-likeness (QED) is 0.865. The summed E-state index contributed by atoms with van der Waals surface area (Å²) in [6, 6.07) is 3.85. The van der Waals surface area contributed by atoms with Gasteiger partial charge in [0.05, 0.1) is 24.8 Å². The molecule has 0 aromatic carbocycles. The Bertz CT molecular complexity index is 397. The number of likely N-dealkylation sites (N-methyl/N-ethyl adjacent to an activating group) is 1. The number of nitrogens with one attached hydrogen (secondary N) is 1. The Balaban J connectivity index is 1.78. The van der Waals surface area contributed by atoms with Crippen LogP contribution in [0.3, 0.4) is 0 Å². The smallest absolute Gasteiger partial charge is 0.222 e. The van der Waals surface area contributed by atoms with Crippen LogP contribution in [0.1, 0.15) is 37.5 Å². The van der Waals surface area contributed by atoms with E-state index in [1.807, 2.05) is 31.1 Å². The van der Waals surface area contributed by atoms with E-state index >= 15 is 0 Å². The minimum Gasteiger partial charge on any atom is -0.468 e. The Morgan fingerprint density at radius 1 is 1.50 bits per heavy atom. The van der Waals surface area contributed by atoms with Crippen molar-refractivity contribution in [3.63, 3.8) is 0 Å². The van der Waals surface area contributed by atoms with Crippen molar-refractivity contribution in [2.45, 2.75) is 37.8 Å². The molecule has 0 saturated carbocycles. The molecule has 2 atom stereocenters. The lowest BCUT2D eigenvalue weighted by Crippen LogP contribution is -2.36. The van der Waals surface area contributed by atoms with Gasteiger partial charge in [-0.3, -0.25) is 9.69 Å². The van der Waals surface area contributed by atoms with Crippen LogP contribution in [0.4, 0.5) is 0 Å². The van der Waals surface area contributed by atoms with E-state index < -0.39 is 0 Å². The van der Waals surface area contributed by atoms with Crippen LogP contribution in [0.25, 0.3) is 0 Å². The summed E-state index contributed by atoms with van der Waals surface area (Å²) in [7, 11) is 3.95. The van der Waals surface area contributed by atoms with Gasteiger partial charge in [0.1, 0.15) is 5.76 Å². The van der Waals surface area contributed by atoms with Crippen molar-refractivity contribution in [2.24, 2.45) is 0 Å². The number of carbonyl (C=O) groups is 1. The minimum atomic E-state index is 0.0512. The fourth-order valence-electron chi connectivity index (χ4n) is 2.48. The van der Waals surface area contributed by atoms with Crippen molar-refractivity contribution in [3.05, 3.63) is 24.2 Å². The topological polar surface area (TPSA) is 54.7 Å². The monoisotopic (exact) mass is 280 g/mol. The molecule has 2 unspecified atom stereocenters. The lowest BCUT2D eigenvalue weighted by Gasteiger charge is -2.24. The van der Waals surface area contributed by atoms with Gasteiger partial charge in [0.25, 0.3) is 0 Å². The van der Waals surface area contributed by atoms with Gasteiger partial charge in [-0.15, -0.1) is 0 Å². The van der Waals surface area contributed by atoms with Crippen LogP contribution in [-0.4, -0.2) is 44.2 Å². The Kier molecular flexibility index (Phi) is 5.61. The van der Waals surface area contributed by atoms with Crippen molar-refractivity contribution in [1.82, 2.24) is 10.2 Å². The third kappa shape index (κ3) is 4.35. The van der Waals surface area contributed by atoms with Gasteiger partial charge in [-0.1, -0.05) is 0 Å². The van der Waals surface area contributed by atoms with Gasteiger partial charge < -0.3 is 14.5 Å². The largest absolute Gasteiger partial charge is 0.468 e. The van der Waals surface area contributed by atoms with Gasteiger partial charge in [0.2, 0.25) is 5.91 Å². The maximum Gasteiger partial charge on any atom is 0.222 e. The van der Waals surface area contributed by atoms with Crippen LogP contribution in [-0.2, 0) is 9.53 Å². The summed E-state index contributed by atoms with van der Waals surface area (Å²) in [5, 5.41) is 2.98. The number of hydrogen-bond donors (Lipinski definition) is 1. The van der Waals surface area contributed by atoms with E-state index in [-0.39, 0.29) is 18.1 Å². The molecule has 5 heteroatoms. The number of rotatable bonds is 6. The molecule has 1 aliphatic heterocycles. The number of amides is 1. The van der Waals surface area contributed by atoms with Crippen molar-refractivity contribution in [2.75, 3.05) is 27.2 Å². The summed E-state index contributed by atoms with van der Waals surface area (Å²) in [5.74, 6) is 0.916. The van der Waals surface area contributed by atoms with Crippen LogP contribution >= 0.6 is 0 Å². The zero-order valence-corrected chi connectivity index (χ0v) is 12.3. The second-order valence-electron chi connectivity index (χ2n) is 5.49. The van der Waals surface area contributed by atoms with Crippen LogP contribution < -0.4 is 5.32 Å². The summed E-state index contributed by atoms with van der Waals surface area (Å²) in [6.07, 6.45) is 5.46. The molecule has 2 rings (SSSR count).